The van der Waals surface area contributed by atoms with Crippen LogP contribution in [0.3, 0.4) is 0 Å². The summed E-state index contributed by atoms with van der Waals surface area (Å²) in [6.07, 6.45) is 0. The summed E-state index contributed by atoms with van der Waals surface area (Å²) in [5.41, 5.74) is 13.4. The third kappa shape index (κ3) is 2.37. The average Bonchev–Trinajstić information content (AvgIpc) is 3.84. The fourth-order valence-electron chi connectivity index (χ4n) is 9.58. The van der Waals surface area contributed by atoms with Crippen molar-refractivity contribution in [1.29, 1.82) is 0 Å². The van der Waals surface area contributed by atoms with Crippen LogP contribution >= 0.6 is 0 Å². The van der Waals surface area contributed by atoms with E-state index in [1.165, 1.54) is 109 Å². The Labute approximate surface area is 258 Å². The highest BCUT2D eigenvalue weighted by Gasteiger charge is 2.38. The Balaban J connectivity index is 1.29. The normalized spacial score (nSPS) is 14.6. The van der Waals surface area contributed by atoms with Gasteiger partial charge in [-0.15, -0.1) is 0 Å². The maximum atomic E-state index is 2.57. The second-order valence-electron chi connectivity index (χ2n) is 13.7. The first-order valence-corrected chi connectivity index (χ1v) is 16.0. The van der Waals surface area contributed by atoms with Gasteiger partial charge in [0.15, 0.2) is 0 Å². The van der Waals surface area contributed by atoms with Gasteiger partial charge in [0, 0.05) is 48.5 Å². The predicted molar refractivity (Wildman–Crippen MR) is 191 cm³/mol. The summed E-state index contributed by atoms with van der Waals surface area (Å²) < 4.78 is 5.10. The first kappa shape index (κ1) is 22.9. The quantitative estimate of drug-likeness (QED) is 0.171. The van der Waals surface area contributed by atoms with E-state index in [9.17, 15) is 0 Å². The van der Waals surface area contributed by atoms with Crippen molar-refractivity contribution < 1.29 is 0 Å². The van der Waals surface area contributed by atoms with Gasteiger partial charge in [-0.1, -0.05) is 111 Å². The van der Waals surface area contributed by atoms with Crippen molar-refractivity contribution >= 4 is 87.0 Å². The minimum atomic E-state index is -0.0689. The van der Waals surface area contributed by atoms with Crippen LogP contribution in [0, 0.1) is 0 Å². The molecular formula is C43H26N2. The summed E-state index contributed by atoms with van der Waals surface area (Å²) in [4.78, 5) is 0. The van der Waals surface area contributed by atoms with E-state index in [0.717, 1.165) is 0 Å². The molecule has 0 saturated heterocycles. The van der Waals surface area contributed by atoms with Crippen LogP contribution in [0.4, 0.5) is 0 Å². The molecule has 0 aliphatic heterocycles. The van der Waals surface area contributed by atoms with Crippen molar-refractivity contribution in [1.82, 2.24) is 8.80 Å². The summed E-state index contributed by atoms with van der Waals surface area (Å²) in [6.45, 7) is 4.81. The Morgan fingerprint density at radius 2 is 1.02 bits per heavy atom. The molecule has 11 aromatic rings. The average molecular weight is 571 g/mol. The molecule has 0 amide bonds. The minimum absolute atomic E-state index is 0.0689. The fourth-order valence-corrected chi connectivity index (χ4v) is 9.58. The van der Waals surface area contributed by atoms with E-state index in [4.69, 9.17) is 0 Å². The Bertz CT molecular complexity index is 3110. The molecule has 0 saturated carbocycles. The lowest BCUT2D eigenvalue weighted by atomic mass is 9.80. The van der Waals surface area contributed by atoms with Crippen LogP contribution < -0.4 is 0 Å². The number of nitrogens with zero attached hydrogens (tertiary/aromatic N) is 2. The van der Waals surface area contributed by atoms with Crippen LogP contribution in [0.1, 0.15) is 25.0 Å². The summed E-state index contributed by atoms with van der Waals surface area (Å²) in [5, 5.41) is 13.4. The Hall–Kier alpha value is -5.60. The highest BCUT2D eigenvalue weighted by Crippen LogP contribution is 2.54. The molecule has 0 bridgehead atoms. The van der Waals surface area contributed by atoms with Crippen LogP contribution in [0.5, 0.6) is 0 Å². The van der Waals surface area contributed by atoms with E-state index in [1.807, 2.05) is 0 Å². The maximum Gasteiger partial charge on any atom is 0.0620 e. The van der Waals surface area contributed by atoms with Crippen molar-refractivity contribution in [2.45, 2.75) is 19.3 Å². The molecule has 0 N–H and O–H groups in total. The molecule has 7 aromatic carbocycles. The zero-order valence-corrected chi connectivity index (χ0v) is 24.9. The van der Waals surface area contributed by atoms with Gasteiger partial charge in [-0.25, -0.2) is 0 Å². The van der Waals surface area contributed by atoms with E-state index in [-0.39, 0.29) is 5.41 Å². The molecule has 0 unspecified atom stereocenters. The molecule has 0 atom stereocenters. The predicted octanol–water partition coefficient (Wildman–Crippen LogP) is 11.4. The van der Waals surface area contributed by atoms with E-state index >= 15 is 0 Å². The summed E-state index contributed by atoms with van der Waals surface area (Å²) in [6, 6.07) is 45.9. The van der Waals surface area contributed by atoms with Crippen LogP contribution in [0.15, 0.2) is 121 Å². The number of hydrogen-bond donors (Lipinski definition) is 0. The van der Waals surface area contributed by atoms with E-state index in [0.29, 0.717) is 0 Å². The zero-order chi connectivity index (χ0) is 29.3. The molecule has 4 heterocycles. The largest absolute Gasteiger partial charge is 0.308 e. The van der Waals surface area contributed by atoms with Gasteiger partial charge in [0.1, 0.15) is 0 Å². The molecule has 0 spiro atoms. The van der Waals surface area contributed by atoms with Gasteiger partial charge in [0.2, 0.25) is 0 Å². The number of hydrogen-bond acceptors (Lipinski definition) is 0. The SMILES string of the molecule is CC1(C)c2ccccc2-c2ccc3c(c21)c1cccc2c4cc5c6cccc7c8c9ccccc9ccc8n(c5cc4n3c21)c67. The van der Waals surface area contributed by atoms with Gasteiger partial charge < -0.3 is 8.80 Å². The lowest BCUT2D eigenvalue weighted by Gasteiger charge is -2.22. The second-order valence-corrected chi connectivity index (χ2v) is 13.7. The number of fused-ring (bicyclic) bond motifs is 18. The monoisotopic (exact) mass is 570 g/mol. The minimum Gasteiger partial charge on any atom is -0.308 e. The molecule has 4 aromatic heterocycles. The molecule has 0 radical (unpaired) electrons. The maximum absolute atomic E-state index is 2.57. The van der Waals surface area contributed by atoms with Crippen molar-refractivity contribution in [3.63, 3.8) is 0 Å². The van der Waals surface area contributed by atoms with Crippen molar-refractivity contribution in [2.75, 3.05) is 0 Å². The number of para-hydroxylation sites is 2. The molecule has 208 valence electrons. The van der Waals surface area contributed by atoms with Gasteiger partial charge in [-0.2, -0.15) is 0 Å². The van der Waals surface area contributed by atoms with Gasteiger partial charge >= 0.3 is 0 Å². The number of rotatable bonds is 0. The van der Waals surface area contributed by atoms with Crippen molar-refractivity contribution in [3.05, 3.63) is 132 Å². The molecule has 2 heteroatoms. The molecule has 2 nitrogen and oxygen atoms in total. The molecular weight excluding hydrogens is 544 g/mol. The Kier molecular flexibility index (Phi) is 3.66. The van der Waals surface area contributed by atoms with Crippen LogP contribution in [0.2, 0.25) is 0 Å². The molecule has 1 aliphatic carbocycles. The highest BCUT2D eigenvalue weighted by molar-refractivity contribution is 6.31. The molecule has 1 aliphatic rings. The van der Waals surface area contributed by atoms with Crippen LogP contribution in [-0.2, 0) is 5.41 Å². The molecule has 45 heavy (non-hydrogen) atoms. The third-order valence-corrected chi connectivity index (χ3v) is 11.3. The van der Waals surface area contributed by atoms with Crippen LogP contribution in [0.25, 0.3) is 98.1 Å². The van der Waals surface area contributed by atoms with Crippen molar-refractivity contribution in [2.24, 2.45) is 0 Å². The van der Waals surface area contributed by atoms with Gasteiger partial charge in [-0.3, -0.25) is 0 Å². The first-order valence-electron chi connectivity index (χ1n) is 16.0. The molecule has 12 rings (SSSR count). The summed E-state index contributed by atoms with van der Waals surface area (Å²) in [5.74, 6) is 0. The second kappa shape index (κ2) is 7.20. The number of aromatic nitrogens is 2. The fraction of sp³-hybridized carbons (Fsp3) is 0.0698. The topological polar surface area (TPSA) is 8.82 Å². The smallest absolute Gasteiger partial charge is 0.0620 e. The molecule has 0 fully saturated rings. The summed E-state index contributed by atoms with van der Waals surface area (Å²) >= 11 is 0. The Morgan fingerprint density at radius 3 is 1.80 bits per heavy atom. The highest BCUT2D eigenvalue weighted by atomic mass is 14.9. The summed E-state index contributed by atoms with van der Waals surface area (Å²) in [7, 11) is 0. The van der Waals surface area contributed by atoms with Gasteiger partial charge in [0.25, 0.3) is 0 Å². The standard InChI is InChI=1S/C43H26N2/c1-43(2)33-16-6-5-11-25(33)26-18-20-35-39(40(26)43)30-15-8-13-28-32-21-31-27-12-7-14-29-38-24-10-4-3-9-23(24)17-19-34(38)44(41(27)29)36(31)22-37(32)45(35)42(28)30/h3-22H,1-2H3. The first-order chi connectivity index (χ1) is 22.1. The third-order valence-electron chi connectivity index (χ3n) is 11.3. The van der Waals surface area contributed by atoms with Gasteiger partial charge in [-0.05, 0) is 57.3 Å². The zero-order valence-electron chi connectivity index (χ0n) is 24.9. The van der Waals surface area contributed by atoms with E-state index in [2.05, 4.69) is 144 Å². The van der Waals surface area contributed by atoms with Crippen molar-refractivity contribution in [3.8, 4) is 11.1 Å². The van der Waals surface area contributed by atoms with E-state index in [1.54, 1.807) is 0 Å². The lowest BCUT2D eigenvalue weighted by Crippen LogP contribution is -2.15. The van der Waals surface area contributed by atoms with Crippen LogP contribution in [-0.4, -0.2) is 8.80 Å². The van der Waals surface area contributed by atoms with Gasteiger partial charge in [0.05, 0.1) is 33.1 Å². The number of benzene rings is 7. The Morgan fingerprint density at radius 1 is 0.422 bits per heavy atom. The van der Waals surface area contributed by atoms with E-state index < -0.39 is 0 Å². The lowest BCUT2D eigenvalue weighted by molar-refractivity contribution is 0.666.